The third-order valence-electron chi connectivity index (χ3n) is 6.33. The van der Waals surface area contributed by atoms with Crippen LogP contribution in [0.4, 0.5) is 18.9 Å². The average Bonchev–Trinajstić information content (AvgIpc) is 3.28. The topological polar surface area (TPSA) is 103 Å². The Labute approximate surface area is 214 Å². The lowest BCUT2D eigenvalue weighted by Crippen LogP contribution is -2.55. The van der Waals surface area contributed by atoms with Crippen LogP contribution in [0.2, 0.25) is 5.02 Å². The smallest absolute Gasteiger partial charge is 0.380 e. The zero-order valence-corrected chi connectivity index (χ0v) is 20.3. The highest BCUT2D eigenvalue weighted by atomic mass is 35.5. The highest BCUT2D eigenvalue weighted by Crippen LogP contribution is 2.35. The maximum absolute atomic E-state index is 13.5. The summed E-state index contributed by atoms with van der Waals surface area (Å²) >= 11 is 6.11. The van der Waals surface area contributed by atoms with Crippen LogP contribution < -0.4 is 10.6 Å². The average molecular weight is 531 g/mol. The lowest BCUT2D eigenvalue weighted by Gasteiger charge is -2.38. The maximum atomic E-state index is 13.5. The first kappa shape index (κ1) is 24.8. The Bertz CT molecular complexity index is 1510. The van der Waals surface area contributed by atoms with Crippen molar-refractivity contribution in [1.29, 1.82) is 0 Å². The first-order valence-electron chi connectivity index (χ1n) is 11.5. The molecule has 1 aliphatic rings. The van der Waals surface area contributed by atoms with Crippen molar-refractivity contribution >= 4 is 51.0 Å². The van der Waals surface area contributed by atoms with Crippen LogP contribution in [-0.2, 0) is 11.0 Å². The molecule has 2 amide bonds. The van der Waals surface area contributed by atoms with E-state index in [1.54, 1.807) is 35.5 Å². The lowest BCUT2D eigenvalue weighted by atomic mass is 9.99. The lowest BCUT2D eigenvalue weighted by molar-refractivity contribution is -0.140. The van der Waals surface area contributed by atoms with Crippen molar-refractivity contribution in [1.82, 2.24) is 25.2 Å². The van der Waals surface area contributed by atoms with Crippen LogP contribution in [0, 0.1) is 0 Å². The van der Waals surface area contributed by atoms with Gasteiger partial charge in [-0.25, -0.2) is 4.98 Å². The number of carbonyl (C=O) groups is 2. The highest BCUT2D eigenvalue weighted by Gasteiger charge is 2.35. The number of piperidine rings is 1. The number of hydrogen-bond donors (Lipinski definition) is 3. The molecule has 0 spiro atoms. The molecule has 8 nitrogen and oxygen atoms in total. The molecule has 0 radical (unpaired) electrons. The number of rotatable bonds is 4. The number of hydrogen-bond acceptors (Lipinski definition) is 5. The summed E-state index contributed by atoms with van der Waals surface area (Å²) in [6.45, 7) is 1.93. The third-order valence-corrected chi connectivity index (χ3v) is 6.57. The second-order valence-corrected chi connectivity index (χ2v) is 9.42. The summed E-state index contributed by atoms with van der Waals surface area (Å²) < 4.78 is 40.6. The summed E-state index contributed by atoms with van der Waals surface area (Å²) in [5.74, 6) is -0.572. The number of nitrogens with one attached hydrogen (secondary N) is 3. The van der Waals surface area contributed by atoms with Gasteiger partial charge in [-0.15, -0.1) is 0 Å². The number of H-pyrrole nitrogens is 1. The fourth-order valence-corrected chi connectivity index (χ4v) is 4.81. The van der Waals surface area contributed by atoms with Crippen LogP contribution in [0.15, 0.2) is 48.8 Å². The molecule has 37 heavy (non-hydrogen) atoms. The Balaban J connectivity index is 1.42. The zero-order valence-electron chi connectivity index (χ0n) is 19.6. The van der Waals surface area contributed by atoms with Crippen LogP contribution >= 0.6 is 11.6 Å². The molecule has 0 saturated carbocycles. The van der Waals surface area contributed by atoms with Gasteiger partial charge in [0.25, 0.3) is 5.91 Å². The van der Waals surface area contributed by atoms with E-state index in [0.717, 1.165) is 6.07 Å². The number of anilines is 1. The highest BCUT2D eigenvalue weighted by molar-refractivity contribution is 6.31. The predicted octanol–water partition coefficient (Wildman–Crippen LogP) is 4.61. The summed E-state index contributed by atoms with van der Waals surface area (Å²) in [7, 11) is 0. The predicted molar refractivity (Wildman–Crippen MR) is 133 cm³/mol. The number of halogens is 4. The van der Waals surface area contributed by atoms with Crippen LogP contribution in [-0.4, -0.2) is 56.8 Å². The van der Waals surface area contributed by atoms with Crippen LogP contribution in [0.25, 0.3) is 21.9 Å². The molecule has 1 saturated heterocycles. The van der Waals surface area contributed by atoms with Crippen LogP contribution in [0.3, 0.4) is 0 Å². The van der Waals surface area contributed by atoms with Crippen LogP contribution in [0.1, 0.15) is 29.4 Å². The Morgan fingerprint density at radius 3 is 2.70 bits per heavy atom. The van der Waals surface area contributed by atoms with Gasteiger partial charge in [-0.3, -0.25) is 14.6 Å². The number of alkyl halides is 3. The van der Waals surface area contributed by atoms with Gasteiger partial charge in [0, 0.05) is 60.6 Å². The summed E-state index contributed by atoms with van der Waals surface area (Å²) in [5.41, 5.74) is 0.891. The number of benzene rings is 1. The van der Waals surface area contributed by atoms with Crippen molar-refractivity contribution in [2.45, 2.75) is 31.6 Å². The van der Waals surface area contributed by atoms with Crippen molar-refractivity contribution in [3.8, 4) is 0 Å². The van der Waals surface area contributed by atoms with Gasteiger partial charge < -0.3 is 20.5 Å². The van der Waals surface area contributed by atoms with Crippen molar-refractivity contribution < 1.29 is 22.8 Å². The minimum absolute atomic E-state index is 0.137. The number of nitrogens with zero attached hydrogens (tertiary/aromatic N) is 3. The summed E-state index contributed by atoms with van der Waals surface area (Å²) in [5, 5.41) is 6.88. The summed E-state index contributed by atoms with van der Waals surface area (Å²) in [4.78, 5) is 37.9. The van der Waals surface area contributed by atoms with Gasteiger partial charge in [0.15, 0.2) is 0 Å². The molecule has 192 valence electrons. The molecule has 4 aromatic rings. The minimum atomic E-state index is -4.65. The molecule has 1 fully saturated rings. The van der Waals surface area contributed by atoms with Gasteiger partial charge >= 0.3 is 6.18 Å². The third kappa shape index (κ3) is 5.17. The van der Waals surface area contributed by atoms with Crippen molar-refractivity contribution in [2.24, 2.45) is 0 Å². The van der Waals surface area contributed by atoms with E-state index in [4.69, 9.17) is 11.6 Å². The van der Waals surface area contributed by atoms with E-state index in [-0.39, 0.29) is 36.1 Å². The van der Waals surface area contributed by atoms with E-state index >= 15 is 0 Å². The molecule has 0 bridgehead atoms. The van der Waals surface area contributed by atoms with Gasteiger partial charge in [0.1, 0.15) is 11.2 Å². The number of carbonyl (C=O) groups excluding carboxylic acids is 2. The molecule has 1 aromatic carbocycles. The first-order chi connectivity index (χ1) is 17.6. The molecule has 5 rings (SSSR count). The zero-order chi connectivity index (χ0) is 26.3. The van der Waals surface area contributed by atoms with E-state index in [9.17, 15) is 22.8 Å². The fourth-order valence-electron chi connectivity index (χ4n) is 4.64. The number of aromatic amines is 1. The van der Waals surface area contributed by atoms with E-state index in [1.165, 1.54) is 19.1 Å². The number of aromatic nitrogens is 3. The molecule has 3 aromatic heterocycles. The van der Waals surface area contributed by atoms with Gasteiger partial charge in [-0.05, 0) is 42.8 Å². The Morgan fingerprint density at radius 1 is 1.16 bits per heavy atom. The molecule has 12 heteroatoms. The second kappa shape index (κ2) is 9.55. The van der Waals surface area contributed by atoms with Crippen molar-refractivity contribution in [3.05, 3.63) is 65.1 Å². The number of pyridine rings is 2. The van der Waals surface area contributed by atoms with Gasteiger partial charge in [-0.2, -0.15) is 13.2 Å². The largest absolute Gasteiger partial charge is 0.433 e. The number of likely N-dealkylation sites (tertiary alicyclic amines) is 1. The van der Waals surface area contributed by atoms with Gasteiger partial charge in [-0.1, -0.05) is 11.6 Å². The Morgan fingerprint density at radius 2 is 1.95 bits per heavy atom. The fraction of sp³-hybridized carbons (Fsp3) is 0.280. The Kier molecular flexibility index (Phi) is 6.40. The minimum Gasteiger partial charge on any atom is -0.380 e. The SMILES string of the molecule is CC(=O)N1C[C@@H](NC(=O)c2c[nH]c3cccnc23)C[C@@H](Nc2cc(C(F)(F)F)nc3ccc(Cl)cc23)C1. The van der Waals surface area contributed by atoms with Gasteiger partial charge in [0.2, 0.25) is 5.91 Å². The molecular formula is C25H22ClF3N6O2. The number of fused-ring (bicyclic) bond motifs is 2. The normalized spacial score (nSPS) is 18.2. The van der Waals surface area contributed by atoms with Gasteiger partial charge in [0.05, 0.1) is 16.6 Å². The molecular weight excluding hydrogens is 509 g/mol. The van der Waals surface area contributed by atoms with Crippen molar-refractivity contribution in [3.63, 3.8) is 0 Å². The first-order valence-corrected chi connectivity index (χ1v) is 11.9. The second-order valence-electron chi connectivity index (χ2n) is 8.99. The molecule has 1 aliphatic heterocycles. The number of amides is 2. The molecule has 0 aliphatic carbocycles. The van der Waals surface area contributed by atoms with E-state index in [1.807, 2.05) is 0 Å². The van der Waals surface area contributed by atoms with Crippen LogP contribution in [0.5, 0.6) is 0 Å². The van der Waals surface area contributed by atoms with E-state index in [2.05, 4.69) is 25.6 Å². The standard InChI is InChI=1S/C25H22ClF3N6O2/c1-13(36)35-11-15(8-16(12-35)33-24(37)18-10-31-20-3-2-6-30-23(18)20)32-21-9-22(25(27,28)29)34-19-5-4-14(26)7-17(19)21/h2-7,9-10,15-16,31H,8,11-12H2,1H3,(H,32,34)(H,33,37)/t15-,16+/m1/s1. The molecule has 4 heterocycles. The quantitative estimate of drug-likeness (QED) is 0.357. The summed E-state index contributed by atoms with van der Waals surface area (Å²) in [6.07, 6.45) is -1.12. The Hall–Kier alpha value is -3.86. The molecule has 0 unspecified atom stereocenters. The van der Waals surface area contributed by atoms with E-state index in [0.29, 0.717) is 33.4 Å². The van der Waals surface area contributed by atoms with Crippen molar-refractivity contribution in [2.75, 3.05) is 18.4 Å². The maximum Gasteiger partial charge on any atom is 0.433 e. The summed E-state index contributed by atoms with van der Waals surface area (Å²) in [6, 6.07) is 8.05. The van der Waals surface area contributed by atoms with E-state index < -0.39 is 24.0 Å². The molecule has 3 N–H and O–H groups in total. The molecule has 2 atom stereocenters. The monoisotopic (exact) mass is 530 g/mol.